The highest BCUT2D eigenvalue weighted by Crippen LogP contribution is 2.19. The van der Waals surface area contributed by atoms with Crippen molar-refractivity contribution in [3.63, 3.8) is 0 Å². The summed E-state index contributed by atoms with van der Waals surface area (Å²) in [5, 5.41) is 1.27. The molecule has 0 radical (unpaired) electrons. The molecule has 0 saturated carbocycles. The van der Waals surface area contributed by atoms with Crippen molar-refractivity contribution in [2.45, 2.75) is 26.2 Å². The Morgan fingerprint density at radius 2 is 1.03 bits per heavy atom. The number of hydrogen-bond donors (Lipinski definition) is 0. The largest absolute Gasteiger partial charge is 0.204 e. The molecule has 4 aromatic rings. The van der Waals surface area contributed by atoms with E-state index in [0.29, 0.717) is 10.8 Å². The SMILES string of the molecule is CCCCc1ccc(C#Cc2ccc(C#Cc3ccc4cc(F)c(F)cc4c3)cc2)cc1. The zero-order valence-electron chi connectivity index (χ0n) is 17.9. The average molecular weight is 421 g/mol. The van der Waals surface area contributed by atoms with Crippen molar-refractivity contribution in [2.24, 2.45) is 0 Å². The first-order valence-electron chi connectivity index (χ1n) is 10.7. The summed E-state index contributed by atoms with van der Waals surface area (Å²) in [7, 11) is 0. The Morgan fingerprint density at radius 1 is 0.562 bits per heavy atom. The molecule has 0 atom stereocenters. The topological polar surface area (TPSA) is 0 Å². The van der Waals surface area contributed by atoms with Crippen LogP contribution in [0.15, 0.2) is 78.9 Å². The van der Waals surface area contributed by atoms with E-state index >= 15 is 0 Å². The maximum Gasteiger partial charge on any atom is 0.159 e. The lowest BCUT2D eigenvalue weighted by Gasteiger charge is -2.00. The van der Waals surface area contributed by atoms with Gasteiger partial charge in [0.1, 0.15) is 0 Å². The number of aryl methyl sites for hydroxylation is 1. The quantitative estimate of drug-likeness (QED) is 0.306. The van der Waals surface area contributed by atoms with Crippen LogP contribution in [-0.2, 0) is 6.42 Å². The van der Waals surface area contributed by atoms with Gasteiger partial charge >= 0.3 is 0 Å². The molecule has 0 heterocycles. The van der Waals surface area contributed by atoms with E-state index < -0.39 is 11.6 Å². The van der Waals surface area contributed by atoms with E-state index in [1.54, 1.807) is 18.2 Å². The molecule has 32 heavy (non-hydrogen) atoms. The fourth-order valence-corrected chi connectivity index (χ4v) is 3.38. The molecule has 0 bridgehead atoms. The fourth-order valence-electron chi connectivity index (χ4n) is 3.38. The molecule has 0 aliphatic rings. The highest BCUT2D eigenvalue weighted by atomic mass is 19.2. The van der Waals surface area contributed by atoms with Gasteiger partial charge in [-0.15, -0.1) is 0 Å². The summed E-state index contributed by atoms with van der Waals surface area (Å²) in [6.07, 6.45) is 3.52. The fraction of sp³-hybridized carbons (Fsp3) is 0.133. The Balaban J connectivity index is 1.45. The summed E-state index contributed by atoms with van der Waals surface area (Å²) in [5.74, 6) is 10.9. The monoisotopic (exact) mass is 420 g/mol. The van der Waals surface area contributed by atoms with Crippen molar-refractivity contribution in [3.8, 4) is 23.7 Å². The maximum absolute atomic E-state index is 13.5. The van der Waals surface area contributed by atoms with Gasteiger partial charge in [0.15, 0.2) is 11.6 Å². The Labute approximate surface area is 187 Å². The Hall–Kier alpha value is -3.88. The van der Waals surface area contributed by atoms with Gasteiger partial charge in [-0.2, -0.15) is 0 Å². The summed E-state index contributed by atoms with van der Waals surface area (Å²) >= 11 is 0. The highest BCUT2D eigenvalue weighted by molar-refractivity contribution is 5.84. The predicted octanol–water partition coefficient (Wildman–Crippen LogP) is 7.26. The second-order valence-electron chi connectivity index (χ2n) is 7.71. The molecule has 4 rings (SSSR count). The predicted molar refractivity (Wildman–Crippen MR) is 127 cm³/mol. The molecule has 0 N–H and O–H groups in total. The van der Waals surface area contributed by atoms with E-state index in [9.17, 15) is 8.78 Å². The molecule has 0 amide bonds. The van der Waals surface area contributed by atoms with Crippen LogP contribution in [0.5, 0.6) is 0 Å². The maximum atomic E-state index is 13.5. The van der Waals surface area contributed by atoms with E-state index in [1.807, 2.05) is 24.3 Å². The number of rotatable bonds is 3. The van der Waals surface area contributed by atoms with Crippen LogP contribution in [0.25, 0.3) is 10.8 Å². The summed E-state index contributed by atoms with van der Waals surface area (Å²) in [6.45, 7) is 2.20. The second kappa shape index (κ2) is 9.95. The number of hydrogen-bond acceptors (Lipinski definition) is 0. The lowest BCUT2D eigenvalue weighted by atomic mass is 10.1. The third-order valence-electron chi connectivity index (χ3n) is 5.24. The van der Waals surface area contributed by atoms with E-state index in [1.165, 1.54) is 30.5 Å². The van der Waals surface area contributed by atoms with E-state index in [4.69, 9.17) is 0 Å². The van der Waals surface area contributed by atoms with E-state index in [2.05, 4.69) is 54.9 Å². The minimum atomic E-state index is -0.855. The van der Waals surface area contributed by atoms with E-state index in [-0.39, 0.29) is 0 Å². The Morgan fingerprint density at radius 3 is 1.59 bits per heavy atom. The lowest BCUT2D eigenvalue weighted by Crippen LogP contribution is -1.85. The molecule has 0 saturated heterocycles. The molecule has 156 valence electrons. The Bertz CT molecular complexity index is 1360. The van der Waals surface area contributed by atoms with Gasteiger partial charge in [0.2, 0.25) is 0 Å². The van der Waals surface area contributed by atoms with Gasteiger partial charge in [-0.25, -0.2) is 8.78 Å². The molecule has 0 aromatic heterocycles. The number of unbranched alkanes of at least 4 members (excludes halogenated alkanes) is 1. The van der Waals surface area contributed by atoms with Crippen LogP contribution in [0.3, 0.4) is 0 Å². The normalized spacial score (nSPS) is 10.2. The van der Waals surface area contributed by atoms with Gasteiger partial charge in [-0.1, -0.05) is 55.2 Å². The highest BCUT2D eigenvalue weighted by Gasteiger charge is 2.04. The molecule has 0 nitrogen and oxygen atoms in total. The van der Waals surface area contributed by atoms with Gasteiger partial charge in [-0.3, -0.25) is 0 Å². The van der Waals surface area contributed by atoms with Gasteiger partial charge in [0.05, 0.1) is 0 Å². The summed E-state index contributed by atoms with van der Waals surface area (Å²) < 4.78 is 26.8. The lowest BCUT2D eigenvalue weighted by molar-refractivity contribution is 0.511. The van der Waals surface area contributed by atoms with Gasteiger partial charge in [0.25, 0.3) is 0 Å². The smallest absolute Gasteiger partial charge is 0.159 e. The molecule has 4 aromatic carbocycles. The molecular formula is C30H22F2. The molecule has 0 fully saturated rings. The zero-order valence-corrected chi connectivity index (χ0v) is 17.9. The van der Waals surface area contributed by atoms with Crippen molar-refractivity contribution in [2.75, 3.05) is 0 Å². The van der Waals surface area contributed by atoms with Crippen LogP contribution in [-0.4, -0.2) is 0 Å². The van der Waals surface area contributed by atoms with Crippen LogP contribution in [0, 0.1) is 35.3 Å². The zero-order chi connectivity index (χ0) is 22.3. The molecule has 0 unspecified atom stereocenters. The van der Waals surface area contributed by atoms with Crippen molar-refractivity contribution >= 4 is 10.8 Å². The summed E-state index contributed by atoms with van der Waals surface area (Å²) in [5.41, 5.74) is 4.88. The van der Waals surface area contributed by atoms with Crippen LogP contribution in [0.2, 0.25) is 0 Å². The van der Waals surface area contributed by atoms with Crippen LogP contribution < -0.4 is 0 Å². The second-order valence-corrected chi connectivity index (χ2v) is 7.71. The minimum absolute atomic E-state index is 0.625. The molecule has 2 heteroatoms. The van der Waals surface area contributed by atoms with Gasteiger partial charge < -0.3 is 0 Å². The number of benzene rings is 4. The van der Waals surface area contributed by atoms with Crippen LogP contribution >= 0.6 is 0 Å². The standard InChI is InChI=1S/C30H22F2/c1-2-3-4-22-5-7-23(8-6-22)9-10-24-11-13-25(14-12-24)15-16-26-17-18-27-20-29(31)30(32)21-28(27)19-26/h5-8,11-14,17-21H,2-4H2,1H3. The summed E-state index contributed by atoms with van der Waals surface area (Å²) in [4.78, 5) is 0. The van der Waals surface area contributed by atoms with E-state index in [0.717, 1.165) is 28.7 Å². The number of halogens is 2. The van der Waals surface area contributed by atoms with Gasteiger partial charge in [0, 0.05) is 22.3 Å². The van der Waals surface area contributed by atoms with Crippen molar-refractivity contribution in [1.29, 1.82) is 0 Å². The van der Waals surface area contributed by atoms with Crippen LogP contribution in [0.4, 0.5) is 8.78 Å². The molecular weight excluding hydrogens is 398 g/mol. The van der Waals surface area contributed by atoms with Crippen molar-refractivity contribution in [3.05, 3.63) is 118 Å². The molecule has 0 spiro atoms. The average Bonchev–Trinajstić information content (AvgIpc) is 2.82. The number of fused-ring (bicyclic) bond motifs is 1. The van der Waals surface area contributed by atoms with Crippen LogP contribution in [0.1, 0.15) is 47.6 Å². The first kappa shape index (κ1) is 21.4. The summed E-state index contributed by atoms with van der Waals surface area (Å²) in [6, 6.07) is 23.9. The third-order valence-corrected chi connectivity index (χ3v) is 5.24. The molecule has 0 aliphatic heterocycles. The first-order valence-corrected chi connectivity index (χ1v) is 10.7. The molecule has 0 aliphatic carbocycles. The first-order chi connectivity index (χ1) is 15.6. The minimum Gasteiger partial charge on any atom is -0.204 e. The van der Waals surface area contributed by atoms with Crippen molar-refractivity contribution < 1.29 is 8.78 Å². The Kier molecular flexibility index (Phi) is 6.64. The van der Waals surface area contributed by atoms with Gasteiger partial charge in [-0.05, 0) is 89.8 Å². The third kappa shape index (κ3) is 5.42. The van der Waals surface area contributed by atoms with Crippen molar-refractivity contribution in [1.82, 2.24) is 0 Å².